The van der Waals surface area contributed by atoms with Gasteiger partial charge in [-0.3, -0.25) is 4.79 Å². The van der Waals surface area contributed by atoms with E-state index >= 15 is 0 Å². The molecule has 3 aromatic rings. The number of carbonyl (C=O) groups is 1. The lowest BCUT2D eigenvalue weighted by molar-refractivity contribution is -0.117. The van der Waals surface area contributed by atoms with Crippen LogP contribution in [0.2, 0.25) is 5.02 Å². The Morgan fingerprint density at radius 1 is 1.17 bits per heavy atom. The maximum absolute atomic E-state index is 12.6. The quantitative estimate of drug-likeness (QED) is 0.716. The summed E-state index contributed by atoms with van der Waals surface area (Å²) in [5.41, 5.74) is 2.89. The number of fused-ring (bicyclic) bond motifs is 1. The average molecular weight is 340 g/mol. The molecule has 1 aliphatic heterocycles. The fourth-order valence-electron chi connectivity index (χ4n) is 3.52. The van der Waals surface area contributed by atoms with Crippen LogP contribution in [0.5, 0.6) is 0 Å². The van der Waals surface area contributed by atoms with Crippen molar-refractivity contribution in [3.63, 3.8) is 0 Å². The first-order valence-corrected chi connectivity index (χ1v) is 8.57. The second-order valence-electron chi connectivity index (χ2n) is 6.06. The van der Waals surface area contributed by atoms with E-state index in [-0.39, 0.29) is 11.8 Å². The summed E-state index contributed by atoms with van der Waals surface area (Å²) in [5, 5.41) is 0.607. The molecule has 5 heteroatoms. The number of amides is 1. The summed E-state index contributed by atoms with van der Waals surface area (Å²) in [5.74, 6) is 1.17. The predicted molar refractivity (Wildman–Crippen MR) is 96.6 cm³/mol. The number of nitrogens with zero attached hydrogens (tertiary/aromatic N) is 3. The fourth-order valence-corrected chi connectivity index (χ4v) is 3.76. The molecule has 2 aromatic carbocycles. The number of rotatable bonds is 3. The lowest BCUT2D eigenvalue weighted by atomic mass is 10.1. The van der Waals surface area contributed by atoms with Gasteiger partial charge >= 0.3 is 0 Å². The van der Waals surface area contributed by atoms with Gasteiger partial charge in [-0.25, -0.2) is 4.98 Å². The fraction of sp³-hybridized carbons (Fsp3) is 0.263. The maximum atomic E-state index is 12.6. The Hall–Kier alpha value is -2.33. The summed E-state index contributed by atoms with van der Waals surface area (Å²) in [4.78, 5) is 19.1. The summed E-state index contributed by atoms with van der Waals surface area (Å²) < 4.78 is 2.21. The molecule has 2 heterocycles. The van der Waals surface area contributed by atoms with Crippen LogP contribution in [0.25, 0.3) is 11.0 Å². The topological polar surface area (TPSA) is 38.1 Å². The van der Waals surface area contributed by atoms with E-state index in [4.69, 9.17) is 16.6 Å². The van der Waals surface area contributed by atoms with E-state index < -0.39 is 0 Å². The number of hydrogen-bond donors (Lipinski definition) is 0. The van der Waals surface area contributed by atoms with Gasteiger partial charge in [-0.05, 0) is 31.2 Å². The first-order chi connectivity index (χ1) is 11.7. The van der Waals surface area contributed by atoms with E-state index in [1.54, 1.807) is 4.90 Å². The molecule has 1 fully saturated rings. The van der Waals surface area contributed by atoms with Crippen LogP contribution < -0.4 is 4.90 Å². The zero-order valence-electron chi connectivity index (χ0n) is 13.4. The standard InChI is InChI=1S/C19H18ClN3O/c1-2-22-17-10-6-4-8-15(17)21-19(22)13-11-18(24)23(12-13)16-9-5-3-7-14(16)20/h3-10,13H,2,11-12H2,1H3/t13-/m1/s1. The lowest BCUT2D eigenvalue weighted by Crippen LogP contribution is -2.24. The van der Waals surface area contributed by atoms with Crippen molar-refractivity contribution >= 4 is 34.2 Å². The first-order valence-electron chi connectivity index (χ1n) is 8.19. The third-order valence-corrected chi connectivity index (χ3v) is 4.95. The van der Waals surface area contributed by atoms with E-state index in [2.05, 4.69) is 17.6 Å². The van der Waals surface area contributed by atoms with Crippen molar-refractivity contribution in [1.29, 1.82) is 0 Å². The van der Waals surface area contributed by atoms with Crippen molar-refractivity contribution in [3.8, 4) is 0 Å². The molecule has 1 amide bonds. The van der Waals surface area contributed by atoms with Crippen molar-refractivity contribution in [3.05, 3.63) is 59.4 Å². The van der Waals surface area contributed by atoms with Crippen molar-refractivity contribution in [2.24, 2.45) is 0 Å². The van der Waals surface area contributed by atoms with Gasteiger partial charge in [-0.2, -0.15) is 0 Å². The van der Waals surface area contributed by atoms with Crippen LogP contribution in [0, 0.1) is 0 Å². The molecule has 1 saturated heterocycles. The minimum Gasteiger partial charge on any atom is -0.328 e. The van der Waals surface area contributed by atoms with Gasteiger partial charge in [0.15, 0.2) is 0 Å². The number of imidazole rings is 1. The summed E-state index contributed by atoms with van der Waals surface area (Å²) in [6, 6.07) is 15.6. The number of anilines is 1. The Labute approximate surface area is 145 Å². The monoisotopic (exact) mass is 339 g/mol. The van der Waals surface area contributed by atoms with E-state index in [0.29, 0.717) is 18.0 Å². The molecule has 0 bridgehead atoms. The highest BCUT2D eigenvalue weighted by Gasteiger charge is 2.35. The molecule has 0 radical (unpaired) electrons. The highest BCUT2D eigenvalue weighted by Crippen LogP contribution is 2.35. The maximum Gasteiger partial charge on any atom is 0.227 e. The highest BCUT2D eigenvalue weighted by atomic mass is 35.5. The van der Waals surface area contributed by atoms with Crippen LogP contribution in [0.3, 0.4) is 0 Å². The molecule has 4 rings (SSSR count). The zero-order chi connectivity index (χ0) is 16.7. The van der Waals surface area contributed by atoms with Crippen molar-refractivity contribution in [1.82, 2.24) is 9.55 Å². The Morgan fingerprint density at radius 3 is 2.71 bits per heavy atom. The smallest absolute Gasteiger partial charge is 0.227 e. The number of aromatic nitrogens is 2. The molecule has 0 N–H and O–H groups in total. The second kappa shape index (κ2) is 5.95. The Bertz CT molecular complexity index is 918. The number of carbonyl (C=O) groups excluding carboxylic acids is 1. The van der Waals surface area contributed by atoms with Gasteiger partial charge in [-0.15, -0.1) is 0 Å². The Kier molecular flexibility index (Phi) is 3.77. The molecule has 0 aliphatic carbocycles. The SMILES string of the molecule is CCn1c([C@@H]2CC(=O)N(c3ccccc3Cl)C2)nc2ccccc21. The molecule has 1 aliphatic rings. The molecule has 4 nitrogen and oxygen atoms in total. The Balaban J connectivity index is 1.72. The summed E-state index contributed by atoms with van der Waals surface area (Å²) in [6.45, 7) is 3.57. The van der Waals surface area contributed by atoms with Gasteiger partial charge in [0, 0.05) is 25.4 Å². The number of para-hydroxylation sites is 3. The molecular weight excluding hydrogens is 322 g/mol. The highest BCUT2D eigenvalue weighted by molar-refractivity contribution is 6.33. The minimum atomic E-state index is 0.0844. The van der Waals surface area contributed by atoms with Crippen LogP contribution in [-0.2, 0) is 11.3 Å². The van der Waals surface area contributed by atoms with Gasteiger partial charge in [0.05, 0.1) is 21.7 Å². The van der Waals surface area contributed by atoms with Crippen molar-refractivity contribution in [2.75, 3.05) is 11.4 Å². The van der Waals surface area contributed by atoms with E-state index in [1.807, 2.05) is 42.5 Å². The predicted octanol–water partition coefficient (Wildman–Crippen LogP) is 4.23. The molecule has 0 spiro atoms. The molecular formula is C19H18ClN3O. The van der Waals surface area contributed by atoms with Crippen LogP contribution >= 0.6 is 11.6 Å². The van der Waals surface area contributed by atoms with E-state index in [0.717, 1.165) is 29.1 Å². The van der Waals surface area contributed by atoms with Crippen molar-refractivity contribution in [2.45, 2.75) is 25.8 Å². The molecule has 0 saturated carbocycles. The summed E-state index contributed by atoms with van der Waals surface area (Å²) in [6.07, 6.45) is 0.467. The second-order valence-corrected chi connectivity index (χ2v) is 6.47. The number of aryl methyl sites for hydroxylation is 1. The zero-order valence-corrected chi connectivity index (χ0v) is 14.2. The largest absolute Gasteiger partial charge is 0.328 e. The molecule has 1 atom stereocenters. The van der Waals surface area contributed by atoms with Gasteiger partial charge in [0.2, 0.25) is 5.91 Å². The van der Waals surface area contributed by atoms with Crippen molar-refractivity contribution < 1.29 is 4.79 Å². The van der Waals surface area contributed by atoms with Crippen LogP contribution in [-0.4, -0.2) is 22.0 Å². The van der Waals surface area contributed by atoms with Gasteiger partial charge in [-0.1, -0.05) is 35.9 Å². The van der Waals surface area contributed by atoms with Crippen LogP contribution in [0.4, 0.5) is 5.69 Å². The summed E-state index contributed by atoms with van der Waals surface area (Å²) >= 11 is 6.27. The van der Waals surface area contributed by atoms with Gasteiger partial charge in [0.25, 0.3) is 0 Å². The third kappa shape index (κ3) is 2.38. The lowest BCUT2D eigenvalue weighted by Gasteiger charge is -2.18. The molecule has 24 heavy (non-hydrogen) atoms. The summed E-state index contributed by atoms with van der Waals surface area (Å²) in [7, 11) is 0. The molecule has 0 unspecified atom stereocenters. The number of benzene rings is 2. The van der Waals surface area contributed by atoms with Crippen LogP contribution in [0.15, 0.2) is 48.5 Å². The number of halogens is 1. The first kappa shape index (κ1) is 15.2. The molecule has 122 valence electrons. The minimum absolute atomic E-state index is 0.0844. The van der Waals surface area contributed by atoms with E-state index in [9.17, 15) is 4.79 Å². The van der Waals surface area contributed by atoms with Gasteiger partial charge < -0.3 is 9.47 Å². The van der Waals surface area contributed by atoms with Gasteiger partial charge in [0.1, 0.15) is 5.82 Å². The average Bonchev–Trinajstić information content (AvgIpc) is 3.15. The number of hydrogen-bond acceptors (Lipinski definition) is 2. The third-order valence-electron chi connectivity index (χ3n) is 4.63. The van der Waals surface area contributed by atoms with E-state index in [1.165, 1.54) is 0 Å². The normalized spacial score (nSPS) is 17.8. The Morgan fingerprint density at radius 2 is 1.92 bits per heavy atom. The molecule has 1 aromatic heterocycles. The van der Waals surface area contributed by atoms with Crippen LogP contribution in [0.1, 0.15) is 25.1 Å².